The zero-order valence-corrected chi connectivity index (χ0v) is 9.38. The molecule has 0 atom stereocenters. The van der Waals surface area contributed by atoms with Crippen molar-refractivity contribution in [2.45, 2.75) is 16.7 Å². The molecule has 2 nitrogen and oxygen atoms in total. The van der Waals surface area contributed by atoms with Gasteiger partial charge in [-0.25, -0.2) is 4.39 Å². The van der Waals surface area contributed by atoms with Crippen LogP contribution in [0.4, 0.5) is 4.39 Å². The molecule has 2 rings (SSSR count). The van der Waals surface area contributed by atoms with Gasteiger partial charge in [0.2, 0.25) is 0 Å². The van der Waals surface area contributed by atoms with Crippen molar-refractivity contribution in [3.8, 4) is 0 Å². The number of furan rings is 1. The van der Waals surface area contributed by atoms with Crippen molar-refractivity contribution in [3.05, 3.63) is 47.7 Å². The van der Waals surface area contributed by atoms with Gasteiger partial charge in [0, 0.05) is 4.90 Å². The molecule has 82 valence electrons. The smallest absolute Gasteiger partial charge is 0.154 e. The maximum absolute atomic E-state index is 13.3. The molecule has 1 heterocycles. The molecule has 0 aliphatic heterocycles. The van der Waals surface area contributed by atoms with E-state index in [-0.39, 0.29) is 5.56 Å². The van der Waals surface area contributed by atoms with E-state index in [2.05, 4.69) is 0 Å². The van der Waals surface area contributed by atoms with Gasteiger partial charge in [-0.3, -0.25) is 4.79 Å². The highest BCUT2D eigenvalue weighted by molar-refractivity contribution is 7.99. The van der Waals surface area contributed by atoms with E-state index >= 15 is 0 Å². The summed E-state index contributed by atoms with van der Waals surface area (Å²) in [7, 11) is 0. The van der Waals surface area contributed by atoms with Crippen LogP contribution in [0.5, 0.6) is 0 Å². The number of hydrogen-bond acceptors (Lipinski definition) is 3. The first kappa shape index (κ1) is 11.0. The van der Waals surface area contributed by atoms with Crippen molar-refractivity contribution in [1.29, 1.82) is 0 Å². The number of aldehydes is 1. The first-order chi connectivity index (χ1) is 7.72. The number of carbonyl (C=O) groups is 1. The summed E-state index contributed by atoms with van der Waals surface area (Å²) in [5.74, 6) is 0.257. The first-order valence-electron chi connectivity index (χ1n) is 4.68. The molecular formula is C12H9FO2S. The zero-order valence-electron chi connectivity index (χ0n) is 8.57. The molecule has 0 saturated heterocycles. The average molecular weight is 236 g/mol. The topological polar surface area (TPSA) is 30.2 Å². The second kappa shape index (κ2) is 4.53. The number of halogens is 1. The molecule has 0 bridgehead atoms. The van der Waals surface area contributed by atoms with Crippen molar-refractivity contribution < 1.29 is 13.6 Å². The Morgan fingerprint density at radius 1 is 1.31 bits per heavy atom. The minimum Gasteiger partial charge on any atom is -0.468 e. The van der Waals surface area contributed by atoms with Gasteiger partial charge in [0.05, 0.1) is 16.7 Å². The Hall–Kier alpha value is -1.55. The summed E-state index contributed by atoms with van der Waals surface area (Å²) in [5.41, 5.74) is 0.0908. The summed E-state index contributed by atoms with van der Waals surface area (Å²) < 4.78 is 18.4. The number of benzene rings is 1. The summed E-state index contributed by atoms with van der Waals surface area (Å²) in [4.78, 5) is 12.3. The Kier molecular flexibility index (Phi) is 3.10. The van der Waals surface area contributed by atoms with Crippen molar-refractivity contribution in [2.24, 2.45) is 0 Å². The predicted octanol–water partition coefficient (Wildman–Crippen LogP) is 3.69. The lowest BCUT2D eigenvalue weighted by atomic mass is 10.2. The second-order valence-electron chi connectivity index (χ2n) is 3.21. The summed E-state index contributed by atoms with van der Waals surface area (Å²) in [5, 5.41) is 0. The van der Waals surface area contributed by atoms with Gasteiger partial charge >= 0.3 is 0 Å². The molecule has 4 heteroatoms. The molecule has 0 amide bonds. The first-order valence-corrected chi connectivity index (χ1v) is 5.49. The Labute approximate surface area is 96.5 Å². The quantitative estimate of drug-likeness (QED) is 0.761. The van der Waals surface area contributed by atoms with Crippen molar-refractivity contribution in [1.82, 2.24) is 0 Å². The minimum absolute atomic E-state index is 0.0908. The summed E-state index contributed by atoms with van der Waals surface area (Å²) in [6.45, 7) is 1.82. The number of rotatable bonds is 3. The Bertz CT molecular complexity index is 519. The van der Waals surface area contributed by atoms with Gasteiger partial charge in [0.1, 0.15) is 11.6 Å². The average Bonchev–Trinajstić information content (AvgIpc) is 2.65. The normalized spacial score (nSPS) is 10.4. The standard InChI is InChI=1S/C12H9FO2S/c1-8-11(5-6-15-8)16-12-4-2-3-10(13)9(12)7-14/h2-7H,1H3. The Morgan fingerprint density at radius 3 is 2.75 bits per heavy atom. The molecule has 16 heavy (non-hydrogen) atoms. The van der Waals surface area contributed by atoms with Gasteiger partial charge in [-0.1, -0.05) is 17.8 Å². The predicted molar refractivity (Wildman–Crippen MR) is 59.4 cm³/mol. The lowest BCUT2D eigenvalue weighted by Crippen LogP contribution is -1.90. The molecule has 2 aromatic rings. The molecule has 0 unspecified atom stereocenters. The number of aryl methyl sites for hydroxylation is 1. The zero-order chi connectivity index (χ0) is 11.5. The SMILES string of the molecule is Cc1occc1Sc1cccc(F)c1C=O. The Balaban J connectivity index is 2.38. The Morgan fingerprint density at radius 2 is 2.12 bits per heavy atom. The van der Waals surface area contributed by atoms with Crippen molar-refractivity contribution >= 4 is 18.0 Å². The molecule has 1 aromatic heterocycles. The fourth-order valence-corrected chi connectivity index (χ4v) is 2.27. The van der Waals surface area contributed by atoms with Gasteiger partial charge in [-0.05, 0) is 25.1 Å². The maximum atomic E-state index is 13.3. The molecule has 0 fully saturated rings. The molecular weight excluding hydrogens is 227 g/mol. The number of hydrogen-bond donors (Lipinski definition) is 0. The third-order valence-electron chi connectivity index (χ3n) is 2.16. The second-order valence-corrected chi connectivity index (χ2v) is 4.30. The van der Waals surface area contributed by atoms with Gasteiger partial charge in [0.15, 0.2) is 6.29 Å². The summed E-state index contributed by atoms with van der Waals surface area (Å²) in [6, 6.07) is 6.36. The van der Waals surface area contributed by atoms with E-state index in [1.165, 1.54) is 17.8 Å². The maximum Gasteiger partial charge on any atom is 0.154 e. The third-order valence-corrected chi connectivity index (χ3v) is 3.38. The molecule has 1 aromatic carbocycles. The van der Waals surface area contributed by atoms with Gasteiger partial charge in [0.25, 0.3) is 0 Å². The van der Waals surface area contributed by atoms with Crippen molar-refractivity contribution in [3.63, 3.8) is 0 Å². The highest BCUT2D eigenvalue weighted by Gasteiger charge is 2.10. The molecule has 0 radical (unpaired) electrons. The van der Waals surface area contributed by atoms with Crippen LogP contribution < -0.4 is 0 Å². The summed E-state index contributed by atoms with van der Waals surface area (Å²) in [6.07, 6.45) is 2.10. The molecule has 0 spiro atoms. The highest BCUT2D eigenvalue weighted by atomic mass is 32.2. The third kappa shape index (κ3) is 2.02. The van der Waals surface area contributed by atoms with E-state index in [0.717, 1.165) is 10.7 Å². The molecule has 0 aliphatic carbocycles. The van der Waals surface area contributed by atoms with Gasteiger partial charge < -0.3 is 4.42 Å². The van der Waals surface area contributed by atoms with Crippen LogP contribution in [-0.4, -0.2) is 6.29 Å². The van der Waals surface area contributed by atoms with E-state index in [1.807, 2.05) is 6.92 Å². The molecule has 0 aliphatic rings. The van der Waals surface area contributed by atoms with E-state index in [9.17, 15) is 9.18 Å². The largest absolute Gasteiger partial charge is 0.468 e. The molecule has 0 saturated carbocycles. The van der Waals surface area contributed by atoms with Crippen LogP contribution in [0.25, 0.3) is 0 Å². The lowest BCUT2D eigenvalue weighted by Gasteiger charge is -2.03. The van der Waals surface area contributed by atoms with Crippen LogP contribution in [0.3, 0.4) is 0 Å². The van der Waals surface area contributed by atoms with Crippen molar-refractivity contribution in [2.75, 3.05) is 0 Å². The number of carbonyl (C=O) groups excluding carboxylic acids is 1. The highest BCUT2D eigenvalue weighted by Crippen LogP contribution is 2.33. The van der Waals surface area contributed by atoms with Crippen LogP contribution in [0.15, 0.2) is 44.7 Å². The van der Waals surface area contributed by atoms with E-state index in [0.29, 0.717) is 11.2 Å². The van der Waals surface area contributed by atoms with E-state index in [1.54, 1.807) is 24.5 Å². The van der Waals surface area contributed by atoms with Gasteiger partial charge in [-0.15, -0.1) is 0 Å². The minimum atomic E-state index is -0.499. The van der Waals surface area contributed by atoms with E-state index in [4.69, 9.17) is 4.42 Å². The monoisotopic (exact) mass is 236 g/mol. The fourth-order valence-electron chi connectivity index (χ4n) is 1.32. The summed E-state index contributed by atoms with van der Waals surface area (Å²) >= 11 is 1.32. The van der Waals surface area contributed by atoms with Gasteiger partial charge in [-0.2, -0.15) is 0 Å². The van der Waals surface area contributed by atoms with E-state index < -0.39 is 5.82 Å². The van der Waals surface area contributed by atoms with Crippen LogP contribution in [0.1, 0.15) is 16.1 Å². The van der Waals surface area contributed by atoms with Crippen LogP contribution >= 0.6 is 11.8 Å². The van der Waals surface area contributed by atoms with Crippen LogP contribution in [0.2, 0.25) is 0 Å². The molecule has 0 N–H and O–H groups in total. The van der Waals surface area contributed by atoms with Crippen LogP contribution in [-0.2, 0) is 0 Å². The lowest BCUT2D eigenvalue weighted by molar-refractivity contribution is 0.111. The fraction of sp³-hybridized carbons (Fsp3) is 0.0833. The van der Waals surface area contributed by atoms with Crippen LogP contribution in [0, 0.1) is 12.7 Å².